The van der Waals surface area contributed by atoms with Crippen molar-refractivity contribution in [3.05, 3.63) is 82.7 Å². The summed E-state index contributed by atoms with van der Waals surface area (Å²) in [5.41, 5.74) is 8.39. The zero-order valence-corrected chi connectivity index (χ0v) is 29.2. The Kier molecular flexibility index (Phi) is 10.0. The van der Waals surface area contributed by atoms with Gasteiger partial charge in [-0.1, -0.05) is 24.3 Å². The lowest BCUT2D eigenvalue weighted by Crippen LogP contribution is -2.49. The second kappa shape index (κ2) is 14.7. The van der Waals surface area contributed by atoms with Crippen molar-refractivity contribution in [1.82, 2.24) is 25.4 Å². The number of benzene rings is 2. The molecule has 0 saturated carbocycles. The molecule has 0 spiro atoms. The highest BCUT2D eigenvalue weighted by atomic mass is 19.4. The van der Waals surface area contributed by atoms with E-state index in [1.807, 2.05) is 25.1 Å². The molecule has 0 bridgehead atoms. The van der Waals surface area contributed by atoms with Crippen molar-refractivity contribution in [2.24, 2.45) is 0 Å². The van der Waals surface area contributed by atoms with Gasteiger partial charge in [-0.3, -0.25) is 14.9 Å². The standard InChI is InChI=1S/C38H43F3N8O3/c1-22(27-15-28(38(39,40)41)17-29(42)16-27)44-36-32-18-34(43-19-33(32)23(2)46-47-36)49-13-14-52-30(21-49)20-48-11-9-25(10-12-48)24-3-5-26(6-4-24)31-7-8-35(50)45-37(31)51/h3-6,15-19,22,25,30-31H,7-14,20-21,42H2,1-2H3,(H,44,47)(H,45,50,51)/t22-,30-,31?/m1/s1. The Morgan fingerprint density at radius 1 is 1.00 bits per heavy atom. The number of imide groups is 1. The van der Waals surface area contributed by atoms with Gasteiger partial charge in [-0.2, -0.15) is 18.3 Å². The molecule has 4 N–H and O–H groups in total. The molecule has 4 aromatic rings. The molecule has 3 aliphatic rings. The highest BCUT2D eigenvalue weighted by Crippen LogP contribution is 2.35. The largest absolute Gasteiger partial charge is 0.416 e. The number of nitrogens with two attached hydrogens (primary N) is 1. The van der Waals surface area contributed by atoms with Crippen LogP contribution in [0.3, 0.4) is 0 Å². The number of aromatic nitrogens is 3. The predicted molar refractivity (Wildman–Crippen MR) is 192 cm³/mol. The first-order valence-electron chi connectivity index (χ1n) is 17.8. The number of rotatable bonds is 8. The van der Waals surface area contributed by atoms with E-state index in [2.05, 4.69) is 42.8 Å². The number of fused-ring (bicyclic) bond motifs is 1. The Morgan fingerprint density at radius 3 is 2.48 bits per heavy atom. The molecule has 274 valence electrons. The van der Waals surface area contributed by atoms with Crippen LogP contribution in [0.25, 0.3) is 10.8 Å². The minimum absolute atomic E-state index is 0.00288. The molecule has 0 aliphatic carbocycles. The van der Waals surface area contributed by atoms with Gasteiger partial charge in [0.1, 0.15) is 5.82 Å². The molecule has 14 heteroatoms. The highest BCUT2D eigenvalue weighted by Gasteiger charge is 2.32. The number of pyridine rings is 1. The number of hydrogen-bond acceptors (Lipinski definition) is 10. The van der Waals surface area contributed by atoms with Crippen molar-refractivity contribution in [1.29, 1.82) is 0 Å². The summed E-state index contributed by atoms with van der Waals surface area (Å²) in [5.74, 6) is 0.981. The Bertz CT molecular complexity index is 1950. The zero-order valence-electron chi connectivity index (χ0n) is 29.2. The fraction of sp³-hybridized carbons (Fsp3) is 0.447. The lowest BCUT2D eigenvalue weighted by molar-refractivity contribution is -0.138. The van der Waals surface area contributed by atoms with Crippen LogP contribution in [0.1, 0.15) is 78.4 Å². The maximum absolute atomic E-state index is 13.5. The predicted octanol–water partition coefficient (Wildman–Crippen LogP) is 5.71. The van der Waals surface area contributed by atoms with E-state index in [0.29, 0.717) is 55.5 Å². The molecule has 0 radical (unpaired) electrons. The number of nitrogens with zero attached hydrogens (tertiary/aromatic N) is 5. The van der Waals surface area contributed by atoms with E-state index >= 15 is 0 Å². The van der Waals surface area contributed by atoms with Gasteiger partial charge in [-0.05, 0) is 93.1 Å². The third kappa shape index (κ3) is 7.82. The van der Waals surface area contributed by atoms with Crippen LogP contribution >= 0.6 is 0 Å². The van der Waals surface area contributed by atoms with Crippen LogP contribution in [0.4, 0.5) is 30.5 Å². The van der Waals surface area contributed by atoms with E-state index in [1.165, 1.54) is 11.6 Å². The Balaban J connectivity index is 0.978. The molecule has 2 aromatic carbocycles. The SMILES string of the molecule is Cc1nnc(N[C@H](C)c2cc(N)cc(C(F)(F)F)c2)c2cc(N3CCO[C@H](CN4CCC(c5ccc(C6CCC(=O)NC6=O)cc5)CC4)C3)ncc12. The number of ether oxygens (including phenoxy) is 1. The van der Waals surface area contributed by atoms with Crippen molar-refractivity contribution in [2.45, 2.75) is 69.7 Å². The maximum Gasteiger partial charge on any atom is 0.416 e. The summed E-state index contributed by atoms with van der Waals surface area (Å²) >= 11 is 0. The second-order valence-corrected chi connectivity index (χ2v) is 14.2. The Morgan fingerprint density at radius 2 is 1.75 bits per heavy atom. The number of carbonyl (C=O) groups excluding carboxylic acids is 2. The van der Waals surface area contributed by atoms with Gasteiger partial charge in [0.25, 0.3) is 0 Å². The third-order valence-corrected chi connectivity index (χ3v) is 10.6. The topological polar surface area (TPSA) is 139 Å². The number of piperidine rings is 2. The second-order valence-electron chi connectivity index (χ2n) is 14.2. The number of amides is 2. The molecule has 1 unspecified atom stereocenters. The molecule has 2 amide bonds. The molecule has 3 saturated heterocycles. The molecule has 52 heavy (non-hydrogen) atoms. The van der Waals surface area contributed by atoms with Crippen LogP contribution in [-0.2, 0) is 20.5 Å². The molecule has 3 fully saturated rings. The molecule has 3 aliphatic heterocycles. The third-order valence-electron chi connectivity index (χ3n) is 10.6. The van der Waals surface area contributed by atoms with Gasteiger partial charge in [0.05, 0.1) is 35.9 Å². The van der Waals surface area contributed by atoms with Gasteiger partial charge in [0, 0.05) is 48.7 Å². The van der Waals surface area contributed by atoms with Gasteiger partial charge in [-0.25, -0.2) is 4.98 Å². The first kappa shape index (κ1) is 35.6. The highest BCUT2D eigenvalue weighted by molar-refractivity contribution is 6.01. The molecule has 11 nitrogen and oxygen atoms in total. The van der Waals surface area contributed by atoms with Crippen molar-refractivity contribution >= 4 is 39.9 Å². The lowest BCUT2D eigenvalue weighted by Gasteiger charge is -2.38. The maximum atomic E-state index is 13.5. The van der Waals surface area contributed by atoms with E-state index in [1.54, 1.807) is 13.1 Å². The van der Waals surface area contributed by atoms with Gasteiger partial charge in [0.2, 0.25) is 11.8 Å². The number of nitrogen functional groups attached to an aromatic ring is 1. The molecule has 7 rings (SSSR count). The number of likely N-dealkylation sites (tertiary alicyclic amines) is 1. The van der Waals surface area contributed by atoms with E-state index in [0.717, 1.165) is 66.8 Å². The summed E-state index contributed by atoms with van der Waals surface area (Å²) in [4.78, 5) is 33.3. The summed E-state index contributed by atoms with van der Waals surface area (Å²) in [6.07, 6.45) is 0.244. The number of hydrogen-bond donors (Lipinski definition) is 3. The fourth-order valence-corrected chi connectivity index (χ4v) is 7.61. The number of morpholine rings is 1. The van der Waals surface area contributed by atoms with E-state index in [4.69, 9.17) is 15.5 Å². The fourth-order valence-electron chi connectivity index (χ4n) is 7.61. The molecule has 5 heterocycles. The summed E-state index contributed by atoms with van der Waals surface area (Å²) in [6, 6.07) is 13.3. The minimum atomic E-state index is -4.51. The van der Waals surface area contributed by atoms with Crippen molar-refractivity contribution in [3.63, 3.8) is 0 Å². The van der Waals surface area contributed by atoms with Gasteiger partial charge in [-0.15, -0.1) is 5.10 Å². The summed E-state index contributed by atoms with van der Waals surface area (Å²) in [5, 5.41) is 16.0. The summed E-state index contributed by atoms with van der Waals surface area (Å²) in [6.45, 7) is 8.23. The van der Waals surface area contributed by atoms with Gasteiger partial charge < -0.3 is 25.6 Å². The first-order valence-corrected chi connectivity index (χ1v) is 17.8. The quantitative estimate of drug-likeness (QED) is 0.154. The van der Waals surface area contributed by atoms with Gasteiger partial charge in [0.15, 0.2) is 5.82 Å². The number of halogens is 3. The number of alkyl halides is 3. The average Bonchev–Trinajstić information content (AvgIpc) is 3.12. The van der Waals surface area contributed by atoms with E-state index in [-0.39, 0.29) is 29.5 Å². The summed E-state index contributed by atoms with van der Waals surface area (Å²) in [7, 11) is 0. The molecule has 3 atom stereocenters. The van der Waals surface area contributed by atoms with Crippen molar-refractivity contribution in [3.8, 4) is 0 Å². The monoisotopic (exact) mass is 716 g/mol. The van der Waals surface area contributed by atoms with Crippen LogP contribution in [0.15, 0.2) is 54.7 Å². The normalized spacial score (nSPS) is 21.3. The summed E-state index contributed by atoms with van der Waals surface area (Å²) < 4.78 is 46.7. The number of carbonyl (C=O) groups is 2. The van der Waals surface area contributed by atoms with Gasteiger partial charge >= 0.3 is 6.18 Å². The minimum Gasteiger partial charge on any atom is -0.399 e. The Hall–Kier alpha value is -4.82. The Labute approximate surface area is 300 Å². The first-order chi connectivity index (χ1) is 24.9. The zero-order chi connectivity index (χ0) is 36.6. The van der Waals surface area contributed by atoms with Crippen LogP contribution in [0.2, 0.25) is 0 Å². The molecular formula is C38H43F3N8O3. The van der Waals surface area contributed by atoms with Crippen LogP contribution in [0, 0.1) is 6.92 Å². The van der Waals surface area contributed by atoms with Crippen LogP contribution < -0.4 is 21.3 Å². The smallest absolute Gasteiger partial charge is 0.399 e. The number of aryl methyl sites for hydroxylation is 1. The van der Waals surface area contributed by atoms with Crippen molar-refractivity contribution < 1.29 is 27.5 Å². The van der Waals surface area contributed by atoms with Crippen LogP contribution in [0.5, 0.6) is 0 Å². The number of anilines is 3. The average molecular weight is 717 g/mol. The van der Waals surface area contributed by atoms with Crippen LogP contribution in [-0.4, -0.2) is 77.3 Å². The van der Waals surface area contributed by atoms with E-state index < -0.39 is 17.8 Å². The molecular weight excluding hydrogens is 673 g/mol. The van der Waals surface area contributed by atoms with E-state index in [9.17, 15) is 22.8 Å². The lowest BCUT2D eigenvalue weighted by atomic mass is 9.86. The van der Waals surface area contributed by atoms with Crippen molar-refractivity contribution in [2.75, 3.05) is 55.3 Å². The molecule has 2 aromatic heterocycles. The number of nitrogens with one attached hydrogen (secondary N) is 2.